The van der Waals surface area contributed by atoms with Gasteiger partial charge in [0, 0.05) is 4.90 Å². The second-order valence-corrected chi connectivity index (χ2v) is 4.00. The third kappa shape index (κ3) is 1.94. The third-order valence-corrected chi connectivity index (χ3v) is 3.01. The van der Waals surface area contributed by atoms with Crippen molar-refractivity contribution >= 4 is 17.7 Å². The lowest BCUT2D eigenvalue weighted by atomic mass is 10.2. The SMILES string of the molecule is O=C1OC(C(F)(F)F)Sc2ccccc21. The molecule has 0 aliphatic carbocycles. The Balaban J connectivity index is 2.35. The van der Waals surface area contributed by atoms with E-state index in [-0.39, 0.29) is 5.56 Å². The maximum absolute atomic E-state index is 12.3. The maximum atomic E-state index is 12.3. The zero-order valence-corrected chi connectivity index (χ0v) is 8.06. The normalized spacial score (nSPS) is 20.7. The smallest absolute Gasteiger partial charge is 0.435 e. The molecule has 15 heavy (non-hydrogen) atoms. The van der Waals surface area contributed by atoms with Gasteiger partial charge in [-0.1, -0.05) is 23.9 Å². The van der Waals surface area contributed by atoms with Gasteiger partial charge in [-0.2, -0.15) is 13.2 Å². The average Bonchev–Trinajstić information content (AvgIpc) is 2.16. The molecule has 0 radical (unpaired) electrons. The van der Waals surface area contributed by atoms with Crippen molar-refractivity contribution < 1.29 is 22.7 Å². The maximum Gasteiger partial charge on any atom is 0.435 e. The van der Waals surface area contributed by atoms with Crippen LogP contribution in [0.4, 0.5) is 13.2 Å². The number of fused-ring (bicyclic) bond motifs is 1. The molecule has 0 bridgehead atoms. The Labute approximate surface area is 87.4 Å². The Morgan fingerprint density at radius 1 is 1.27 bits per heavy atom. The Morgan fingerprint density at radius 2 is 1.93 bits per heavy atom. The van der Waals surface area contributed by atoms with Crippen LogP contribution in [0.5, 0.6) is 0 Å². The first-order valence-electron chi connectivity index (χ1n) is 4.02. The molecule has 2 nitrogen and oxygen atoms in total. The number of carbonyl (C=O) groups is 1. The van der Waals surface area contributed by atoms with E-state index in [0.717, 1.165) is 0 Å². The Morgan fingerprint density at radius 3 is 2.60 bits per heavy atom. The van der Waals surface area contributed by atoms with Gasteiger partial charge in [0.25, 0.3) is 0 Å². The van der Waals surface area contributed by atoms with E-state index in [1.165, 1.54) is 12.1 Å². The number of ether oxygens (including phenoxy) is 1. The van der Waals surface area contributed by atoms with Crippen LogP contribution in [0, 0.1) is 0 Å². The van der Waals surface area contributed by atoms with Crippen LogP contribution in [0.3, 0.4) is 0 Å². The van der Waals surface area contributed by atoms with Crippen molar-refractivity contribution in [3.05, 3.63) is 29.8 Å². The van der Waals surface area contributed by atoms with Gasteiger partial charge in [0.05, 0.1) is 5.56 Å². The van der Waals surface area contributed by atoms with Crippen LogP contribution in [0.1, 0.15) is 10.4 Å². The summed E-state index contributed by atoms with van der Waals surface area (Å²) in [4.78, 5) is 11.5. The van der Waals surface area contributed by atoms with Gasteiger partial charge in [-0.3, -0.25) is 0 Å². The Bertz CT molecular complexity index is 403. The van der Waals surface area contributed by atoms with Crippen LogP contribution in [0.15, 0.2) is 29.2 Å². The minimum absolute atomic E-state index is 0.183. The monoisotopic (exact) mass is 234 g/mol. The number of cyclic esters (lactones) is 1. The van der Waals surface area contributed by atoms with E-state index in [1.807, 2.05) is 0 Å². The highest BCUT2D eigenvalue weighted by atomic mass is 32.2. The molecule has 80 valence electrons. The van der Waals surface area contributed by atoms with Gasteiger partial charge >= 0.3 is 12.1 Å². The van der Waals surface area contributed by atoms with E-state index < -0.39 is 17.6 Å². The van der Waals surface area contributed by atoms with Crippen molar-refractivity contribution in [1.29, 1.82) is 0 Å². The number of rotatable bonds is 0. The molecule has 1 aromatic rings. The van der Waals surface area contributed by atoms with Crippen molar-refractivity contribution in [2.75, 3.05) is 0 Å². The van der Waals surface area contributed by atoms with Crippen molar-refractivity contribution in [2.45, 2.75) is 16.5 Å². The molecule has 1 aliphatic heterocycles. The second-order valence-electron chi connectivity index (χ2n) is 2.89. The molecule has 0 saturated heterocycles. The molecule has 0 spiro atoms. The molecule has 0 aromatic heterocycles. The van der Waals surface area contributed by atoms with Gasteiger partial charge in [-0.05, 0) is 12.1 Å². The molecular formula is C9H5F3O2S. The Hall–Kier alpha value is -1.17. The summed E-state index contributed by atoms with van der Waals surface area (Å²) in [6.45, 7) is 0. The fourth-order valence-electron chi connectivity index (χ4n) is 1.17. The van der Waals surface area contributed by atoms with E-state index in [4.69, 9.17) is 0 Å². The van der Waals surface area contributed by atoms with Gasteiger partial charge in [0.2, 0.25) is 5.44 Å². The van der Waals surface area contributed by atoms with E-state index in [9.17, 15) is 18.0 Å². The Kier molecular flexibility index (Phi) is 2.38. The second kappa shape index (κ2) is 3.44. The lowest BCUT2D eigenvalue weighted by molar-refractivity contribution is -0.175. The summed E-state index contributed by atoms with van der Waals surface area (Å²) in [5, 5.41) is 0. The molecule has 0 saturated carbocycles. The number of thioether (sulfide) groups is 1. The summed E-state index contributed by atoms with van der Waals surface area (Å²) in [5.74, 6) is -0.924. The van der Waals surface area contributed by atoms with Crippen molar-refractivity contribution in [3.8, 4) is 0 Å². The summed E-state index contributed by atoms with van der Waals surface area (Å²) in [7, 11) is 0. The van der Waals surface area contributed by atoms with Crippen LogP contribution in [0.25, 0.3) is 0 Å². The molecular weight excluding hydrogens is 229 g/mol. The van der Waals surface area contributed by atoms with Crippen molar-refractivity contribution in [3.63, 3.8) is 0 Å². The van der Waals surface area contributed by atoms with Crippen LogP contribution < -0.4 is 0 Å². The lowest BCUT2D eigenvalue weighted by Gasteiger charge is -2.25. The molecule has 2 rings (SSSR count). The van der Waals surface area contributed by atoms with Crippen LogP contribution in [-0.4, -0.2) is 17.6 Å². The van der Waals surface area contributed by atoms with Crippen LogP contribution >= 0.6 is 11.8 Å². The number of benzene rings is 1. The van der Waals surface area contributed by atoms with Crippen LogP contribution in [0.2, 0.25) is 0 Å². The first-order chi connectivity index (χ1) is 6.98. The van der Waals surface area contributed by atoms with Gasteiger partial charge in [0.1, 0.15) is 0 Å². The van der Waals surface area contributed by atoms with Gasteiger partial charge in [-0.25, -0.2) is 4.79 Å². The standard InChI is InChI=1S/C9H5F3O2S/c10-9(11,12)8-14-7(13)5-3-1-2-4-6(5)15-8/h1-4,8H. The molecule has 1 unspecified atom stereocenters. The first kappa shape index (κ1) is 10.4. The summed E-state index contributed by atoms with van der Waals surface area (Å²) < 4.78 is 41.2. The minimum atomic E-state index is -4.53. The quantitative estimate of drug-likeness (QED) is 0.646. The molecule has 0 N–H and O–H groups in total. The molecule has 1 atom stereocenters. The minimum Gasteiger partial charge on any atom is -0.437 e. The number of alkyl halides is 3. The molecule has 0 fully saturated rings. The topological polar surface area (TPSA) is 26.3 Å². The highest BCUT2D eigenvalue weighted by molar-refractivity contribution is 8.00. The summed E-state index contributed by atoms with van der Waals surface area (Å²) >= 11 is 0.500. The van der Waals surface area contributed by atoms with Crippen molar-refractivity contribution in [1.82, 2.24) is 0 Å². The predicted octanol–water partition coefficient (Wildman–Crippen LogP) is 2.84. The molecule has 1 aromatic carbocycles. The van der Waals surface area contributed by atoms with E-state index in [1.54, 1.807) is 12.1 Å². The van der Waals surface area contributed by atoms with Gasteiger partial charge in [-0.15, -0.1) is 0 Å². The van der Waals surface area contributed by atoms with E-state index in [2.05, 4.69) is 4.74 Å². The van der Waals surface area contributed by atoms with Crippen LogP contribution in [-0.2, 0) is 4.74 Å². The first-order valence-corrected chi connectivity index (χ1v) is 4.90. The fourth-order valence-corrected chi connectivity index (χ4v) is 2.11. The number of esters is 1. The number of carbonyl (C=O) groups excluding carboxylic acids is 1. The fraction of sp³-hybridized carbons (Fsp3) is 0.222. The summed E-state index contributed by atoms with van der Waals surface area (Å²) in [6.07, 6.45) is -4.53. The largest absolute Gasteiger partial charge is 0.437 e. The van der Waals surface area contributed by atoms with E-state index in [0.29, 0.717) is 16.7 Å². The lowest BCUT2D eigenvalue weighted by Crippen LogP contribution is -2.33. The highest BCUT2D eigenvalue weighted by Gasteiger charge is 2.46. The molecule has 1 aliphatic rings. The third-order valence-electron chi connectivity index (χ3n) is 1.82. The van der Waals surface area contributed by atoms with Gasteiger partial charge < -0.3 is 4.74 Å². The number of hydrogen-bond donors (Lipinski definition) is 0. The zero-order valence-electron chi connectivity index (χ0n) is 7.25. The average molecular weight is 234 g/mol. The predicted molar refractivity (Wildman–Crippen MR) is 47.6 cm³/mol. The number of halogens is 3. The highest BCUT2D eigenvalue weighted by Crippen LogP contribution is 2.41. The van der Waals surface area contributed by atoms with E-state index >= 15 is 0 Å². The molecule has 6 heteroatoms. The summed E-state index contributed by atoms with van der Waals surface area (Å²) in [5.41, 5.74) is -1.91. The number of hydrogen-bond acceptors (Lipinski definition) is 3. The zero-order chi connectivity index (χ0) is 11.1. The summed E-state index contributed by atoms with van der Waals surface area (Å²) in [6, 6.07) is 6.07. The van der Waals surface area contributed by atoms with Gasteiger partial charge in [0.15, 0.2) is 0 Å². The van der Waals surface area contributed by atoms with Crippen molar-refractivity contribution in [2.24, 2.45) is 0 Å². The molecule has 0 amide bonds. The molecule has 1 heterocycles.